The summed E-state index contributed by atoms with van der Waals surface area (Å²) in [5, 5.41) is 9.74. The van der Waals surface area contributed by atoms with E-state index in [2.05, 4.69) is 9.97 Å². The molecule has 0 aliphatic rings. The lowest BCUT2D eigenvalue weighted by molar-refractivity contribution is 0.0691. The van der Waals surface area contributed by atoms with Crippen LogP contribution in [0.1, 0.15) is 21.7 Å². The van der Waals surface area contributed by atoms with E-state index in [0.717, 1.165) is 22.2 Å². The van der Waals surface area contributed by atoms with Gasteiger partial charge in [-0.25, -0.2) is 4.79 Å². The highest BCUT2D eigenvalue weighted by Crippen LogP contribution is 2.20. The van der Waals surface area contributed by atoms with Gasteiger partial charge in [-0.1, -0.05) is 0 Å². The summed E-state index contributed by atoms with van der Waals surface area (Å²) in [6, 6.07) is 1.64. The number of nitrogens with zero attached hydrogens (tertiary/aromatic N) is 1. The molecule has 0 amide bonds. The van der Waals surface area contributed by atoms with Crippen LogP contribution in [0.2, 0.25) is 0 Å². The van der Waals surface area contributed by atoms with Gasteiger partial charge in [0.1, 0.15) is 5.69 Å². The first-order valence-corrected chi connectivity index (χ1v) is 4.28. The van der Waals surface area contributed by atoms with Crippen molar-refractivity contribution >= 4 is 16.9 Å². The maximum atomic E-state index is 10.7. The number of pyridine rings is 1. The van der Waals surface area contributed by atoms with Crippen molar-refractivity contribution in [1.82, 2.24) is 9.97 Å². The molecule has 0 atom stereocenters. The van der Waals surface area contributed by atoms with Gasteiger partial charge in [-0.05, 0) is 25.5 Å². The fourth-order valence-corrected chi connectivity index (χ4v) is 1.49. The minimum Gasteiger partial charge on any atom is -0.477 e. The molecule has 0 unspecified atom stereocenters. The predicted molar refractivity (Wildman–Crippen MR) is 52.5 cm³/mol. The molecule has 0 fully saturated rings. The number of aryl methyl sites for hydroxylation is 2. The molecule has 2 N–H and O–H groups in total. The Hall–Kier alpha value is -1.84. The molecule has 2 heterocycles. The molecule has 72 valence electrons. The molecule has 4 nitrogen and oxygen atoms in total. The van der Waals surface area contributed by atoms with Crippen molar-refractivity contribution in [2.24, 2.45) is 0 Å². The Morgan fingerprint density at radius 1 is 1.50 bits per heavy atom. The van der Waals surface area contributed by atoms with Crippen LogP contribution in [0.3, 0.4) is 0 Å². The van der Waals surface area contributed by atoms with E-state index in [1.807, 2.05) is 13.8 Å². The van der Waals surface area contributed by atoms with Crippen LogP contribution in [0, 0.1) is 13.8 Å². The van der Waals surface area contributed by atoms with Crippen LogP contribution in [0.5, 0.6) is 0 Å². The van der Waals surface area contributed by atoms with Gasteiger partial charge in [0.15, 0.2) is 0 Å². The molecular weight excluding hydrogens is 180 g/mol. The van der Waals surface area contributed by atoms with E-state index in [9.17, 15) is 4.79 Å². The minimum absolute atomic E-state index is 0.208. The van der Waals surface area contributed by atoms with Crippen LogP contribution >= 0.6 is 0 Å². The molecule has 0 spiro atoms. The Morgan fingerprint density at radius 2 is 2.21 bits per heavy atom. The van der Waals surface area contributed by atoms with Crippen molar-refractivity contribution in [2.45, 2.75) is 13.8 Å². The zero-order valence-corrected chi connectivity index (χ0v) is 7.96. The van der Waals surface area contributed by atoms with Gasteiger partial charge in [-0.15, -0.1) is 0 Å². The Labute approximate surface area is 80.6 Å². The third-order valence-corrected chi connectivity index (χ3v) is 2.29. The zero-order chi connectivity index (χ0) is 10.3. The predicted octanol–water partition coefficient (Wildman–Crippen LogP) is 1.88. The summed E-state index contributed by atoms with van der Waals surface area (Å²) in [5.74, 6) is -0.944. The SMILES string of the molecule is Cc1cnc(C)c2[nH]c(C(=O)O)cc12. The molecule has 4 heteroatoms. The molecule has 0 saturated carbocycles. The Morgan fingerprint density at radius 3 is 2.79 bits per heavy atom. The molecule has 0 radical (unpaired) electrons. The fraction of sp³-hybridized carbons (Fsp3) is 0.200. The number of hydrogen-bond donors (Lipinski definition) is 2. The topological polar surface area (TPSA) is 66.0 Å². The average Bonchev–Trinajstić information content (AvgIpc) is 2.57. The number of hydrogen-bond acceptors (Lipinski definition) is 2. The molecule has 0 bridgehead atoms. The molecule has 0 aliphatic heterocycles. The van der Waals surface area contributed by atoms with Gasteiger partial charge >= 0.3 is 5.97 Å². The van der Waals surface area contributed by atoms with Crippen LogP contribution in [0.4, 0.5) is 0 Å². The van der Waals surface area contributed by atoms with Crippen molar-refractivity contribution < 1.29 is 9.90 Å². The molecular formula is C10H10N2O2. The molecule has 0 saturated heterocycles. The summed E-state index contributed by atoms with van der Waals surface area (Å²) < 4.78 is 0. The second-order valence-electron chi connectivity index (χ2n) is 3.30. The quantitative estimate of drug-likeness (QED) is 0.721. The fourth-order valence-electron chi connectivity index (χ4n) is 1.49. The van der Waals surface area contributed by atoms with Gasteiger partial charge in [0.05, 0.1) is 11.2 Å². The summed E-state index contributed by atoms with van der Waals surface area (Å²) in [4.78, 5) is 17.7. The Bertz CT molecular complexity index is 475. The third-order valence-electron chi connectivity index (χ3n) is 2.29. The highest BCUT2D eigenvalue weighted by Gasteiger charge is 2.10. The lowest BCUT2D eigenvalue weighted by atomic mass is 10.2. The van der Waals surface area contributed by atoms with E-state index in [0.29, 0.717) is 0 Å². The number of rotatable bonds is 1. The van der Waals surface area contributed by atoms with E-state index >= 15 is 0 Å². The van der Waals surface area contributed by atoms with E-state index in [1.165, 1.54) is 0 Å². The largest absolute Gasteiger partial charge is 0.477 e. The number of H-pyrrole nitrogens is 1. The molecule has 14 heavy (non-hydrogen) atoms. The van der Waals surface area contributed by atoms with Gasteiger partial charge in [0.2, 0.25) is 0 Å². The van der Waals surface area contributed by atoms with Crippen LogP contribution in [0.15, 0.2) is 12.3 Å². The molecule has 0 aliphatic carbocycles. The van der Waals surface area contributed by atoms with Crippen LogP contribution < -0.4 is 0 Å². The van der Waals surface area contributed by atoms with Gasteiger partial charge in [-0.3, -0.25) is 4.98 Å². The first kappa shape index (κ1) is 8.74. The monoisotopic (exact) mass is 190 g/mol. The number of carboxylic acids is 1. The van der Waals surface area contributed by atoms with E-state index < -0.39 is 5.97 Å². The zero-order valence-electron chi connectivity index (χ0n) is 7.96. The van der Waals surface area contributed by atoms with Gasteiger partial charge < -0.3 is 10.1 Å². The highest BCUT2D eigenvalue weighted by molar-refractivity contribution is 5.95. The number of carbonyl (C=O) groups is 1. The van der Waals surface area contributed by atoms with Crippen molar-refractivity contribution in [1.29, 1.82) is 0 Å². The number of nitrogens with one attached hydrogen (secondary N) is 1. The van der Waals surface area contributed by atoms with Gasteiger partial charge in [-0.2, -0.15) is 0 Å². The number of aromatic nitrogens is 2. The van der Waals surface area contributed by atoms with Gasteiger partial charge in [0.25, 0.3) is 0 Å². The smallest absolute Gasteiger partial charge is 0.352 e. The summed E-state index contributed by atoms with van der Waals surface area (Å²) in [5.41, 5.74) is 2.81. The molecule has 2 aromatic heterocycles. The normalized spacial score (nSPS) is 10.7. The second-order valence-corrected chi connectivity index (χ2v) is 3.30. The maximum Gasteiger partial charge on any atom is 0.352 e. The van der Waals surface area contributed by atoms with Crippen LogP contribution in [-0.4, -0.2) is 21.0 Å². The molecule has 2 aromatic rings. The molecule has 0 aromatic carbocycles. The number of fused-ring (bicyclic) bond motifs is 1. The first-order chi connectivity index (χ1) is 6.59. The standard InChI is InChI=1S/C10H10N2O2/c1-5-4-11-6(2)9-7(5)3-8(12-9)10(13)14/h3-4,12H,1-2H3,(H,13,14). The first-order valence-electron chi connectivity index (χ1n) is 4.28. The Kier molecular flexibility index (Phi) is 1.77. The number of carboxylic acid groups (broad SMARTS) is 1. The maximum absolute atomic E-state index is 10.7. The van der Waals surface area contributed by atoms with Crippen molar-refractivity contribution in [3.05, 3.63) is 29.2 Å². The summed E-state index contributed by atoms with van der Waals surface area (Å²) >= 11 is 0. The van der Waals surface area contributed by atoms with Crippen LogP contribution in [-0.2, 0) is 0 Å². The van der Waals surface area contributed by atoms with Gasteiger partial charge in [0, 0.05) is 11.6 Å². The second kappa shape index (κ2) is 2.83. The van der Waals surface area contributed by atoms with Crippen LogP contribution in [0.25, 0.3) is 10.9 Å². The van der Waals surface area contributed by atoms with E-state index in [-0.39, 0.29) is 5.69 Å². The highest BCUT2D eigenvalue weighted by atomic mass is 16.4. The van der Waals surface area contributed by atoms with Crippen molar-refractivity contribution in [2.75, 3.05) is 0 Å². The minimum atomic E-state index is -0.944. The lowest BCUT2D eigenvalue weighted by Gasteiger charge is -1.97. The summed E-state index contributed by atoms with van der Waals surface area (Å²) in [7, 11) is 0. The van der Waals surface area contributed by atoms with E-state index in [4.69, 9.17) is 5.11 Å². The molecule has 2 rings (SSSR count). The lowest BCUT2D eigenvalue weighted by Crippen LogP contribution is -1.95. The Balaban J connectivity index is 2.82. The number of aromatic carboxylic acids is 1. The number of aromatic amines is 1. The van der Waals surface area contributed by atoms with E-state index in [1.54, 1.807) is 12.3 Å². The summed E-state index contributed by atoms with van der Waals surface area (Å²) in [6.07, 6.45) is 1.75. The van der Waals surface area contributed by atoms with Crippen molar-refractivity contribution in [3.63, 3.8) is 0 Å². The summed E-state index contributed by atoms with van der Waals surface area (Å²) in [6.45, 7) is 3.76. The van der Waals surface area contributed by atoms with Crippen molar-refractivity contribution in [3.8, 4) is 0 Å². The average molecular weight is 190 g/mol. The third kappa shape index (κ3) is 1.16.